The summed E-state index contributed by atoms with van der Waals surface area (Å²) >= 11 is 0. The fourth-order valence-corrected chi connectivity index (χ4v) is 5.89. The van der Waals surface area contributed by atoms with Crippen molar-refractivity contribution in [3.05, 3.63) is 59.7 Å². The van der Waals surface area contributed by atoms with Gasteiger partial charge < -0.3 is 19.6 Å². The van der Waals surface area contributed by atoms with Crippen LogP contribution in [-0.4, -0.2) is 46.2 Å². The number of aliphatic carboxylic acids is 1. The second-order valence-electron chi connectivity index (χ2n) is 9.84. The van der Waals surface area contributed by atoms with Gasteiger partial charge in [0.25, 0.3) is 5.91 Å². The highest BCUT2D eigenvalue weighted by atomic mass is 19.4. The van der Waals surface area contributed by atoms with E-state index in [9.17, 15) is 27.6 Å². The topological polar surface area (TPSA) is 87.2 Å². The van der Waals surface area contributed by atoms with E-state index < -0.39 is 24.0 Å². The summed E-state index contributed by atoms with van der Waals surface area (Å²) < 4.78 is 42.3. The number of benzene rings is 2. The van der Waals surface area contributed by atoms with Gasteiger partial charge in [-0.2, -0.15) is 0 Å². The Kier molecular flexibility index (Phi) is 6.59. The van der Waals surface area contributed by atoms with E-state index >= 15 is 0 Å². The van der Waals surface area contributed by atoms with Crippen LogP contribution in [0.4, 0.5) is 18.9 Å². The number of nitrogens with zero attached hydrogens (tertiary/aromatic N) is 2. The minimum atomic E-state index is -4.87. The molecule has 1 N–H and O–H groups in total. The summed E-state index contributed by atoms with van der Waals surface area (Å²) in [6.07, 6.45) is -1.19. The Balaban J connectivity index is 1.52. The van der Waals surface area contributed by atoms with Gasteiger partial charge in [0.05, 0.1) is 12.5 Å². The number of carbonyl (C=O) groups is 3. The van der Waals surface area contributed by atoms with Crippen LogP contribution < -0.4 is 9.64 Å². The zero-order chi connectivity index (χ0) is 26.3. The van der Waals surface area contributed by atoms with Crippen molar-refractivity contribution in [1.82, 2.24) is 4.90 Å². The highest BCUT2D eigenvalue weighted by Crippen LogP contribution is 2.53. The van der Waals surface area contributed by atoms with E-state index in [1.54, 1.807) is 17.0 Å². The number of para-hydroxylation sites is 1. The summed E-state index contributed by atoms with van der Waals surface area (Å²) in [6, 6.07) is 11.9. The SMILES string of the molecule is O=C(O)CCC(=O)N(C1CC1)C1c2ccccc2N(C(=O)c2cccc(OC(F)(F)F)c2)C2CCCC21. The van der Waals surface area contributed by atoms with E-state index in [0.717, 1.165) is 43.4 Å². The molecule has 2 aliphatic carbocycles. The average Bonchev–Trinajstić information content (AvgIpc) is 3.56. The van der Waals surface area contributed by atoms with E-state index in [-0.39, 0.29) is 48.4 Å². The molecule has 0 aromatic heterocycles. The van der Waals surface area contributed by atoms with Crippen LogP contribution in [0.5, 0.6) is 5.75 Å². The number of fused-ring (bicyclic) bond motifs is 2. The largest absolute Gasteiger partial charge is 0.573 e. The highest BCUT2D eigenvalue weighted by molar-refractivity contribution is 6.07. The van der Waals surface area contributed by atoms with Gasteiger partial charge in [-0.05, 0) is 55.5 Å². The third-order valence-corrected chi connectivity index (χ3v) is 7.40. The van der Waals surface area contributed by atoms with Crippen LogP contribution in [0.3, 0.4) is 0 Å². The van der Waals surface area contributed by atoms with Crippen LogP contribution >= 0.6 is 0 Å². The van der Waals surface area contributed by atoms with Crippen molar-refractivity contribution in [3.8, 4) is 5.75 Å². The molecular formula is C27H27F3N2O5. The number of alkyl halides is 3. The van der Waals surface area contributed by atoms with E-state index in [0.29, 0.717) is 12.1 Å². The van der Waals surface area contributed by atoms with E-state index in [2.05, 4.69) is 4.74 Å². The minimum absolute atomic E-state index is 0.0408. The van der Waals surface area contributed by atoms with Gasteiger partial charge >= 0.3 is 12.3 Å². The van der Waals surface area contributed by atoms with Crippen LogP contribution in [0, 0.1) is 5.92 Å². The lowest BCUT2D eigenvalue weighted by molar-refractivity contribution is -0.274. The summed E-state index contributed by atoms with van der Waals surface area (Å²) in [5.41, 5.74) is 1.51. The van der Waals surface area contributed by atoms with Crippen LogP contribution in [0.1, 0.15) is 66.9 Å². The fourth-order valence-electron chi connectivity index (χ4n) is 5.89. The molecule has 0 saturated heterocycles. The zero-order valence-electron chi connectivity index (χ0n) is 20.0. The number of amides is 2. The Labute approximate surface area is 211 Å². The third-order valence-electron chi connectivity index (χ3n) is 7.40. The van der Waals surface area contributed by atoms with Crippen molar-refractivity contribution in [2.75, 3.05) is 4.90 Å². The predicted molar refractivity (Wildman–Crippen MR) is 127 cm³/mol. The molecule has 7 nitrogen and oxygen atoms in total. The van der Waals surface area contributed by atoms with Crippen LogP contribution in [-0.2, 0) is 9.59 Å². The quantitative estimate of drug-likeness (QED) is 0.539. The Morgan fingerprint density at radius 3 is 2.46 bits per heavy atom. The van der Waals surface area contributed by atoms with Crippen molar-refractivity contribution < 1.29 is 37.4 Å². The van der Waals surface area contributed by atoms with Gasteiger partial charge in [0.1, 0.15) is 5.75 Å². The maximum Gasteiger partial charge on any atom is 0.573 e. The maximum absolute atomic E-state index is 13.8. The lowest BCUT2D eigenvalue weighted by atomic mass is 9.81. The lowest BCUT2D eigenvalue weighted by Crippen LogP contribution is -2.52. The minimum Gasteiger partial charge on any atom is -0.481 e. The van der Waals surface area contributed by atoms with Crippen LogP contribution in [0.25, 0.3) is 0 Å². The first-order valence-corrected chi connectivity index (χ1v) is 12.5. The van der Waals surface area contributed by atoms with Crippen molar-refractivity contribution >= 4 is 23.5 Å². The van der Waals surface area contributed by atoms with Gasteiger partial charge in [0.15, 0.2) is 0 Å². The summed E-state index contributed by atoms with van der Waals surface area (Å²) in [5, 5.41) is 9.12. The number of hydrogen-bond donors (Lipinski definition) is 1. The second-order valence-corrected chi connectivity index (χ2v) is 9.84. The molecule has 0 spiro atoms. The number of anilines is 1. The fraction of sp³-hybridized carbons (Fsp3) is 0.444. The van der Waals surface area contributed by atoms with Crippen molar-refractivity contribution in [1.29, 1.82) is 0 Å². The second kappa shape index (κ2) is 9.72. The van der Waals surface area contributed by atoms with Gasteiger partial charge in [-0.25, -0.2) is 0 Å². The number of carboxylic acid groups (broad SMARTS) is 1. The van der Waals surface area contributed by atoms with Crippen LogP contribution in [0.2, 0.25) is 0 Å². The van der Waals surface area contributed by atoms with Crippen molar-refractivity contribution in [2.45, 2.75) is 69.4 Å². The summed E-state index contributed by atoms with van der Waals surface area (Å²) in [6.45, 7) is 0. The lowest BCUT2D eigenvalue weighted by Gasteiger charge is -2.48. The molecule has 5 rings (SSSR count). The first kappa shape index (κ1) is 25.1. The Morgan fingerprint density at radius 2 is 1.76 bits per heavy atom. The molecule has 1 heterocycles. The van der Waals surface area contributed by atoms with Gasteiger partial charge in [-0.1, -0.05) is 30.7 Å². The smallest absolute Gasteiger partial charge is 0.481 e. The Hall–Kier alpha value is -3.56. The molecule has 2 amide bonds. The normalized spacial score (nSPS) is 22.7. The monoisotopic (exact) mass is 516 g/mol. The molecule has 0 bridgehead atoms. The number of carbonyl (C=O) groups excluding carboxylic acids is 2. The Morgan fingerprint density at radius 1 is 1.00 bits per heavy atom. The molecule has 2 aromatic carbocycles. The van der Waals surface area contributed by atoms with Gasteiger partial charge in [0, 0.05) is 35.7 Å². The molecule has 2 aromatic rings. The molecule has 1 aliphatic heterocycles. The van der Waals surface area contributed by atoms with E-state index in [4.69, 9.17) is 5.11 Å². The molecule has 37 heavy (non-hydrogen) atoms. The molecule has 3 aliphatic rings. The molecule has 3 unspecified atom stereocenters. The van der Waals surface area contributed by atoms with Gasteiger partial charge in [-0.15, -0.1) is 13.2 Å². The molecular weight excluding hydrogens is 489 g/mol. The number of carboxylic acids is 1. The Bertz CT molecular complexity index is 1210. The maximum atomic E-state index is 13.8. The summed E-state index contributed by atoms with van der Waals surface area (Å²) in [7, 11) is 0. The summed E-state index contributed by atoms with van der Waals surface area (Å²) in [5.74, 6) is -2.19. The molecule has 0 radical (unpaired) electrons. The number of ether oxygens (including phenoxy) is 1. The molecule has 10 heteroatoms. The first-order valence-electron chi connectivity index (χ1n) is 12.5. The van der Waals surface area contributed by atoms with Crippen molar-refractivity contribution in [3.63, 3.8) is 0 Å². The van der Waals surface area contributed by atoms with E-state index in [1.807, 2.05) is 17.0 Å². The molecule has 2 fully saturated rings. The third kappa shape index (κ3) is 5.14. The number of hydrogen-bond acceptors (Lipinski definition) is 4. The molecule has 3 atom stereocenters. The molecule has 2 saturated carbocycles. The zero-order valence-corrected chi connectivity index (χ0v) is 20.0. The average molecular weight is 517 g/mol. The van der Waals surface area contributed by atoms with E-state index in [1.165, 1.54) is 12.1 Å². The summed E-state index contributed by atoms with van der Waals surface area (Å²) in [4.78, 5) is 41.7. The standard InChI is InChI=1S/C27H27F3N2O5/c28-27(29,30)37-18-6-3-5-16(15-18)26(36)32-21-9-2-1-7-19(21)25(20-8-4-10-22(20)32)31(17-11-12-17)23(33)13-14-24(34)35/h1-3,5-7,9,15,17,20,22,25H,4,8,10-14H2,(H,34,35). The molecule has 196 valence electrons. The van der Waals surface area contributed by atoms with Crippen LogP contribution in [0.15, 0.2) is 48.5 Å². The highest BCUT2D eigenvalue weighted by Gasteiger charge is 2.51. The number of rotatable bonds is 7. The first-order chi connectivity index (χ1) is 17.6. The van der Waals surface area contributed by atoms with Gasteiger partial charge in [0.2, 0.25) is 5.91 Å². The van der Waals surface area contributed by atoms with Crippen molar-refractivity contribution in [2.24, 2.45) is 5.92 Å². The van der Waals surface area contributed by atoms with Gasteiger partial charge in [-0.3, -0.25) is 14.4 Å². The number of halogens is 3. The predicted octanol–water partition coefficient (Wildman–Crippen LogP) is 5.31.